The number of carbonyl (C=O) groups excluding carboxylic acids is 2. The molecule has 0 atom stereocenters. The van der Waals surface area contributed by atoms with Crippen LogP contribution in [0.4, 0.5) is 10.5 Å². The quantitative estimate of drug-likeness (QED) is 0.537. The molecular weight excluding hydrogens is 438 g/mol. The van der Waals surface area contributed by atoms with E-state index in [4.69, 9.17) is 9.47 Å². The minimum atomic E-state index is -0.249. The summed E-state index contributed by atoms with van der Waals surface area (Å²) in [6.07, 6.45) is 2.64. The van der Waals surface area contributed by atoms with E-state index in [0.717, 1.165) is 49.9 Å². The second-order valence-corrected chi connectivity index (χ2v) is 8.94. The molecule has 2 aromatic rings. The normalized spacial score (nSPS) is 18.3. The highest BCUT2D eigenvalue weighted by atomic mass is 32.2. The largest absolute Gasteiger partial charge is 0.493 e. The van der Waals surface area contributed by atoms with Crippen molar-refractivity contribution in [2.24, 2.45) is 0 Å². The monoisotopic (exact) mass is 467 g/mol. The van der Waals surface area contributed by atoms with Crippen molar-refractivity contribution in [3.05, 3.63) is 59.0 Å². The molecule has 0 aromatic heterocycles. The van der Waals surface area contributed by atoms with Crippen LogP contribution in [0, 0.1) is 0 Å². The maximum Gasteiger partial charge on any atom is 0.294 e. The summed E-state index contributed by atoms with van der Waals surface area (Å²) in [5.41, 5.74) is 1.99. The van der Waals surface area contributed by atoms with Crippen LogP contribution in [0.1, 0.15) is 18.9 Å². The smallest absolute Gasteiger partial charge is 0.294 e. The van der Waals surface area contributed by atoms with Gasteiger partial charge in [-0.05, 0) is 54.1 Å². The fourth-order valence-corrected chi connectivity index (χ4v) is 4.70. The van der Waals surface area contributed by atoms with E-state index in [1.807, 2.05) is 43.3 Å². The van der Waals surface area contributed by atoms with Gasteiger partial charge < -0.3 is 14.4 Å². The lowest BCUT2D eigenvalue weighted by Crippen LogP contribution is -2.50. The summed E-state index contributed by atoms with van der Waals surface area (Å²) in [5.74, 6) is 1.02. The number of imide groups is 1. The van der Waals surface area contributed by atoms with E-state index in [-0.39, 0.29) is 11.1 Å². The highest BCUT2D eigenvalue weighted by molar-refractivity contribution is 8.18. The van der Waals surface area contributed by atoms with Gasteiger partial charge in [-0.2, -0.15) is 0 Å². The Balaban J connectivity index is 1.38. The van der Waals surface area contributed by atoms with Crippen LogP contribution in [0.5, 0.6) is 11.5 Å². The second kappa shape index (κ2) is 10.8. The molecule has 33 heavy (non-hydrogen) atoms. The molecule has 0 aliphatic carbocycles. The van der Waals surface area contributed by atoms with Gasteiger partial charge in [-0.25, -0.2) is 0 Å². The molecule has 2 fully saturated rings. The zero-order chi connectivity index (χ0) is 23.2. The molecule has 0 unspecified atom stereocenters. The van der Waals surface area contributed by atoms with E-state index in [2.05, 4.69) is 21.9 Å². The molecule has 174 valence electrons. The van der Waals surface area contributed by atoms with Crippen LogP contribution >= 0.6 is 11.8 Å². The van der Waals surface area contributed by atoms with Gasteiger partial charge in [-0.15, -0.1) is 0 Å². The van der Waals surface area contributed by atoms with Crippen LogP contribution in [0.3, 0.4) is 0 Å². The van der Waals surface area contributed by atoms with Gasteiger partial charge in [-0.1, -0.05) is 31.2 Å². The molecule has 4 rings (SSSR count). The summed E-state index contributed by atoms with van der Waals surface area (Å²) in [7, 11) is 1.59. The predicted octanol–water partition coefficient (Wildman–Crippen LogP) is 4.30. The Kier molecular flexibility index (Phi) is 7.57. The topological polar surface area (TPSA) is 62.3 Å². The van der Waals surface area contributed by atoms with Gasteiger partial charge in [-0.3, -0.25) is 19.4 Å². The molecule has 2 saturated heterocycles. The highest BCUT2D eigenvalue weighted by Gasteiger charge is 2.36. The number of methoxy groups -OCH3 is 1. The number of benzene rings is 2. The van der Waals surface area contributed by atoms with Crippen LogP contribution < -0.4 is 14.4 Å². The Labute approximate surface area is 198 Å². The third-order valence-electron chi connectivity index (χ3n) is 5.66. The van der Waals surface area contributed by atoms with Gasteiger partial charge in [0, 0.05) is 31.9 Å². The number of nitrogens with zero attached hydrogens (tertiary/aromatic N) is 3. The van der Waals surface area contributed by atoms with Crippen LogP contribution in [0.25, 0.3) is 6.08 Å². The second-order valence-electron chi connectivity index (χ2n) is 7.95. The van der Waals surface area contributed by atoms with E-state index in [1.54, 1.807) is 13.2 Å². The standard InChI is InChI=1S/C25H29N3O4S/c1-3-15-32-21-10-9-19(16-22(21)31-2)17-23-24(29)28(25(30)33-23)18-26-11-13-27(14-12-26)20-7-5-4-6-8-20/h4-10,16-17H,3,11-15,18H2,1-2H3. The van der Waals surface area contributed by atoms with Gasteiger partial charge in [0.15, 0.2) is 11.5 Å². The van der Waals surface area contributed by atoms with Crippen molar-refractivity contribution in [1.82, 2.24) is 9.80 Å². The lowest BCUT2D eigenvalue weighted by molar-refractivity contribution is -0.124. The molecule has 2 aliphatic rings. The van der Waals surface area contributed by atoms with Crippen LogP contribution in [0.15, 0.2) is 53.4 Å². The van der Waals surface area contributed by atoms with Crippen molar-refractivity contribution >= 4 is 34.7 Å². The van der Waals surface area contributed by atoms with Crippen LogP contribution in [0.2, 0.25) is 0 Å². The van der Waals surface area contributed by atoms with E-state index >= 15 is 0 Å². The molecule has 0 saturated carbocycles. The van der Waals surface area contributed by atoms with Gasteiger partial charge in [0.2, 0.25) is 0 Å². The Morgan fingerprint density at radius 1 is 1.00 bits per heavy atom. The number of amides is 2. The number of carbonyl (C=O) groups is 2. The number of para-hydroxylation sites is 1. The first kappa shape index (κ1) is 23.2. The summed E-state index contributed by atoms with van der Waals surface area (Å²) in [6, 6.07) is 15.8. The average Bonchev–Trinajstić information content (AvgIpc) is 3.11. The van der Waals surface area contributed by atoms with Gasteiger partial charge >= 0.3 is 0 Å². The maximum atomic E-state index is 13.0. The summed E-state index contributed by atoms with van der Waals surface area (Å²) in [5, 5.41) is -0.230. The Morgan fingerprint density at radius 3 is 2.45 bits per heavy atom. The Bertz CT molecular complexity index is 1020. The molecule has 0 radical (unpaired) electrons. The number of hydrogen-bond acceptors (Lipinski definition) is 7. The van der Waals surface area contributed by atoms with Crippen molar-refractivity contribution in [3.8, 4) is 11.5 Å². The minimum Gasteiger partial charge on any atom is -0.493 e. The summed E-state index contributed by atoms with van der Waals surface area (Å²) >= 11 is 0.984. The highest BCUT2D eigenvalue weighted by Crippen LogP contribution is 2.34. The number of anilines is 1. The van der Waals surface area contributed by atoms with E-state index in [9.17, 15) is 9.59 Å². The number of thioether (sulfide) groups is 1. The molecule has 0 spiro atoms. The third kappa shape index (κ3) is 5.51. The van der Waals surface area contributed by atoms with Crippen LogP contribution in [-0.4, -0.2) is 67.5 Å². The lowest BCUT2D eigenvalue weighted by Gasteiger charge is -2.37. The molecule has 8 heteroatoms. The Morgan fingerprint density at radius 2 is 1.76 bits per heavy atom. The van der Waals surface area contributed by atoms with Crippen molar-refractivity contribution in [2.75, 3.05) is 51.5 Å². The number of hydrogen-bond donors (Lipinski definition) is 0. The van der Waals surface area contributed by atoms with Crippen molar-refractivity contribution < 1.29 is 19.1 Å². The zero-order valence-corrected chi connectivity index (χ0v) is 19.8. The minimum absolute atomic E-state index is 0.230. The molecule has 0 N–H and O–H groups in total. The number of rotatable bonds is 8. The molecule has 2 aromatic carbocycles. The van der Waals surface area contributed by atoms with Gasteiger partial charge in [0.1, 0.15) is 0 Å². The Hall–Kier alpha value is -2.97. The molecule has 2 amide bonds. The van der Waals surface area contributed by atoms with Crippen molar-refractivity contribution in [2.45, 2.75) is 13.3 Å². The average molecular weight is 468 g/mol. The molecular formula is C25H29N3O4S. The fraction of sp³-hybridized carbons (Fsp3) is 0.360. The number of piperazine rings is 1. The van der Waals surface area contributed by atoms with Gasteiger partial charge in [0.05, 0.1) is 25.3 Å². The SMILES string of the molecule is CCCOc1ccc(C=C2SC(=O)N(CN3CCN(c4ccccc4)CC3)C2=O)cc1OC. The zero-order valence-electron chi connectivity index (χ0n) is 19.0. The molecule has 7 nitrogen and oxygen atoms in total. The fourth-order valence-electron chi connectivity index (χ4n) is 3.86. The first-order valence-corrected chi connectivity index (χ1v) is 12.0. The van der Waals surface area contributed by atoms with Gasteiger partial charge in [0.25, 0.3) is 11.1 Å². The maximum absolute atomic E-state index is 13.0. The summed E-state index contributed by atoms with van der Waals surface area (Å²) in [6.45, 7) is 6.29. The van der Waals surface area contributed by atoms with Crippen LogP contribution in [-0.2, 0) is 4.79 Å². The van der Waals surface area contributed by atoms with E-state index < -0.39 is 0 Å². The number of ether oxygens (including phenoxy) is 2. The summed E-state index contributed by atoms with van der Waals surface area (Å²) in [4.78, 5) is 31.8. The molecule has 2 heterocycles. The van der Waals surface area contributed by atoms with Crippen molar-refractivity contribution in [1.29, 1.82) is 0 Å². The van der Waals surface area contributed by atoms with E-state index in [0.29, 0.717) is 29.7 Å². The lowest BCUT2D eigenvalue weighted by atomic mass is 10.2. The molecule has 2 aliphatic heterocycles. The first-order valence-electron chi connectivity index (χ1n) is 11.2. The molecule has 0 bridgehead atoms. The van der Waals surface area contributed by atoms with Crippen molar-refractivity contribution in [3.63, 3.8) is 0 Å². The third-order valence-corrected chi connectivity index (χ3v) is 6.56. The van der Waals surface area contributed by atoms with E-state index in [1.165, 1.54) is 10.6 Å². The predicted molar refractivity (Wildman–Crippen MR) is 132 cm³/mol. The summed E-state index contributed by atoms with van der Waals surface area (Å²) < 4.78 is 11.1. The first-order chi connectivity index (χ1) is 16.1.